The van der Waals surface area contributed by atoms with Gasteiger partial charge < -0.3 is 24.8 Å². The van der Waals surface area contributed by atoms with Crippen molar-refractivity contribution in [2.75, 3.05) is 13.7 Å². The zero-order valence-corrected chi connectivity index (χ0v) is 10.9. The Bertz CT molecular complexity index is 479. The van der Waals surface area contributed by atoms with Gasteiger partial charge in [0.25, 0.3) is 0 Å². The number of hydrogen-bond acceptors (Lipinski definition) is 6. The molecule has 0 spiro atoms. The van der Waals surface area contributed by atoms with Crippen LogP contribution in [-0.4, -0.2) is 69.3 Å². The normalized spacial score (nSPS) is 40.0. The van der Waals surface area contributed by atoms with Crippen molar-refractivity contribution in [1.29, 1.82) is 0 Å². The molecule has 9 heteroatoms. The number of hydrogen-bond donors (Lipinski definition) is 3. The lowest BCUT2D eigenvalue weighted by atomic mass is 9.77. The number of nitrogens with zero attached hydrogens (tertiary/aromatic N) is 1. The van der Waals surface area contributed by atoms with Crippen LogP contribution in [0.25, 0.3) is 0 Å². The van der Waals surface area contributed by atoms with Crippen molar-refractivity contribution in [3.05, 3.63) is 0 Å². The Morgan fingerprint density at radius 1 is 1.50 bits per heavy atom. The van der Waals surface area contributed by atoms with Crippen LogP contribution in [0.1, 0.15) is 13.3 Å². The second-order valence-electron chi connectivity index (χ2n) is 4.96. The minimum absolute atomic E-state index is 0.0324. The average molecular weight is 289 g/mol. The average Bonchev–Trinajstić information content (AvgIpc) is 2.79. The molecule has 2 rings (SSSR count). The first-order valence-electron chi connectivity index (χ1n) is 5.88. The van der Waals surface area contributed by atoms with Crippen LogP contribution in [0.2, 0.25) is 0 Å². The molecule has 4 atom stereocenters. The summed E-state index contributed by atoms with van der Waals surface area (Å²) in [5.41, 5.74) is -4.07. The molecule has 3 unspecified atom stereocenters. The fourth-order valence-electron chi connectivity index (χ4n) is 3.11. The van der Waals surface area contributed by atoms with Crippen molar-refractivity contribution < 1.29 is 39.2 Å². The third kappa shape index (κ3) is 1.45. The van der Waals surface area contributed by atoms with Gasteiger partial charge >= 0.3 is 12.1 Å². The molecule has 112 valence electrons. The van der Waals surface area contributed by atoms with Gasteiger partial charge in [0.1, 0.15) is 5.60 Å². The number of rotatable bonds is 3. The zero-order valence-electron chi connectivity index (χ0n) is 10.9. The van der Waals surface area contributed by atoms with E-state index in [1.54, 1.807) is 0 Å². The van der Waals surface area contributed by atoms with Gasteiger partial charge in [-0.15, -0.1) is 0 Å². The number of amides is 2. The predicted molar refractivity (Wildman–Crippen MR) is 60.7 cm³/mol. The third-order valence-electron chi connectivity index (χ3n) is 4.23. The van der Waals surface area contributed by atoms with Crippen LogP contribution in [0.5, 0.6) is 0 Å². The largest absolute Gasteiger partial charge is 0.479 e. The van der Waals surface area contributed by atoms with E-state index in [4.69, 9.17) is 14.6 Å². The van der Waals surface area contributed by atoms with Gasteiger partial charge in [-0.1, -0.05) is 0 Å². The molecule has 0 aromatic rings. The first-order valence-corrected chi connectivity index (χ1v) is 5.88. The SMILES string of the molecule is COC1CC2C(=O)N(C(=O)O)C(CO)(C(=O)O)[C@@]2(C)O1. The molecule has 0 saturated carbocycles. The number of carbonyl (C=O) groups is 3. The molecular formula is C11H15NO8. The number of aliphatic carboxylic acids is 1. The number of imide groups is 1. The van der Waals surface area contributed by atoms with E-state index in [0.717, 1.165) is 0 Å². The summed E-state index contributed by atoms with van der Waals surface area (Å²) in [4.78, 5) is 35.2. The van der Waals surface area contributed by atoms with E-state index in [-0.39, 0.29) is 11.3 Å². The number of aliphatic hydroxyl groups excluding tert-OH is 1. The highest BCUT2D eigenvalue weighted by atomic mass is 16.7. The first kappa shape index (κ1) is 14.7. The van der Waals surface area contributed by atoms with Gasteiger partial charge in [0.15, 0.2) is 6.29 Å². The topological polar surface area (TPSA) is 134 Å². The summed E-state index contributed by atoms with van der Waals surface area (Å²) in [5.74, 6) is -3.56. The zero-order chi connectivity index (χ0) is 15.3. The summed E-state index contributed by atoms with van der Waals surface area (Å²) in [5, 5.41) is 28.1. The quantitative estimate of drug-likeness (QED) is 0.608. The van der Waals surface area contributed by atoms with Crippen molar-refractivity contribution in [3.63, 3.8) is 0 Å². The second kappa shape index (κ2) is 4.40. The van der Waals surface area contributed by atoms with E-state index in [1.165, 1.54) is 14.0 Å². The lowest BCUT2D eigenvalue weighted by Gasteiger charge is -2.40. The minimum atomic E-state index is -2.38. The molecule has 3 N–H and O–H groups in total. The van der Waals surface area contributed by atoms with Gasteiger partial charge in [-0.05, 0) is 6.92 Å². The number of aliphatic hydroxyl groups is 1. The van der Waals surface area contributed by atoms with Crippen molar-refractivity contribution in [1.82, 2.24) is 4.90 Å². The molecule has 2 fully saturated rings. The minimum Gasteiger partial charge on any atom is -0.479 e. The number of carboxylic acids is 1. The summed E-state index contributed by atoms with van der Waals surface area (Å²) in [6.45, 7) is 0.228. The Balaban J connectivity index is 2.62. The van der Waals surface area contributed by atoms with Crippen LogP contribution >= 0.6 is 0 Å². The number of ether oxygens (including phenoxy) is 2. The molecule has 2 aliphatic rings. The number of carbonyl (C=O) groups excluding carboxylic acids is 1. The Kier molecular flexibility index (Phi) is 3.23. The molecule has 2 saturated heterocycles. The predicted octanol–water partition coefficient (Wildman–Crippen LogP) is -0.910. The standard InChI is InChI=1S/C11H15NO8/c1-10-5(3-6(19-2)20-10)7(14)12(9(17)18)11(10,4-13)8(15)16/h5-6,13H,3-4H2,1-2H3,(H,15,16)(H,17,18)/t5?,6?,10-,11?/m0/s1. The van der Waals surface area contributed by atoms with Crippen molar-refractivity contribution in [3.8, 4) is 0 Å². The fraction of sp³-hybridized carbons (Fsp3) is 0.727. The van der Waals surface area contributed by atoms with E-state index in [9.17, 15) is 24.6 Å². The summed E-state index contributed by atoms with van der Waals surface area (Å²) in [6, 6.07) is 0. The Morgan fingerprint density at radius 2 is 2.10 bits per heavy atom. The van der Waals surface area contributed by atoms with Gasteiger partial charge in [-0.3, -0.25) is 4.79 Å². The van der Waals surface area contributed by atoms with E-state index in [1.807, 2.05) is 0 Å². The van der Waals surface area contributed by atoms with Crippen LogP contribution in [0.4, 0.5) is 4.79 Å². The fourth-order valence-corrected chi connectivity index (χ4v) is 3.11. The Labute approximate surface area is 113 Å². The van der Waals surface area contributed by atoms with Crippen molar-refractivity contribution in [2.24, 2.45) is 5.92 Å². The van der Waals surface area contributed by atoms with Crippen LogP contribution in [0.15, 0.2) is 0 Å². The van der Waals surface area contributed by atoms with E-state index in [0.29, 0.717) is 0 Å². The van der Waals surface area contributed by atoms with Crippen LogP contribution in [0.3, 0.4) is 0 Å². The van der Waals surface area contributed by atoms with Gasteiger partial charge in [0.05, 0.1) is 12.5 Å². The lowest BCUT2D eigenvalue weighted by molar-refractivity contribution is -0.202. The monoisotopic (exact) mass is 289 g/mol. The van der Waals surface area contributed by atoms with E-state index in [2.05, 4.69) is 0 Å². The Hall–Kier alpha value is -1.71. The van der Waals surface area contributed by atoms with Gasteiger partial charge in [0, 0.05) is 13.5 Å². The van der Waals surface area contributed by atoms with Gasteiger partial charge in [-0.25, -0.2) is 14.5 Å². The highest BCUT2D eigenvalue weighted by Gasteiger charge is 2.76. The molecule has 0 aromatic carbocycles. The summed E-state index contributed by atoms with van der Waals surface area (Å²) in [7, 11) is 1.33. The van der Waals surface area contributed by atoms with Crippen LogP contribution in [0, 0.1) is 5.92 Å². The molecule has 2 aliphatic heterocycles. The number of carboxylic acid groups (broad SMARTS) is 2. The first-order chi connectivity index (χ1) is 9.26. The van der Waals surface area contributed by atoms with Gasteiger partial charge in [-0.2, -0.15) is 0 Å². The molecule has 2 heterocycles. The van der Waals surface area contributed by atoms with E-state index >= 15 is 0 Å². The summed E-state index contributed by atoms with van der Waals surface area (Å²) >= 11 is 0. The maximum absolute atomic E-state index is 12.2. The smallest absolute Gasteiger partial charge is 0.415 e. The Morgan fingerprint density at radius 3 is 2.50 bits per heavy atom. The third-order valence-corrected chi connectivity index (χ3v) is 4.23. The maximum Gasteiger partial charge on any atom is 0.415 e. The van der Waals surface area contributed by atoms with Gasteiger partial charge in [0.2, 0.25) is 11.4 Å². The lowest BCUT2D eigenvalue weighted by Crippen LogP contribution is -2.67. The number of methoxy groups -OCH3 is 1. The molecule has 0 bridgehead atoms. The summed E-state index contributed by atoms with van der Waals surface area (Å²) < 4.78 is 10.4. The molecule has 2 amide bonds. The maximum atomic E-state index is 12.2. The molecule has 0 radical (unpaired) electrons. The molecular weight excluding hydrogens is 274 g/mol. The van der Waals surface area contributed by atoms with Crippen molar-refractivity contribution >= 4 is 18.0 Å². The van der Waals surface area contributed by atoms with E-state index < -0.39 is 47.9 Å². The molecule has 9 nitrogen and oxygen atoms in total. The molecule has 0 aliphatic carbocycles. The molecule has 20 heavy (non-hydrogen) atoms. The van der Waals surface area contributed by atoms with Crippen molar-refractivity contribution in [2.45, 2.75) is 30.8 Å². The molecule has 0 aromatic heterocycles. The number of fused-ring (bicyclic) bond motifs is 1. The summed E-state index contributed by atoms with van der Waals surface area (Å²) in [6.07, 6.45) is -2.53. The highest BCUT2D eigenvalue weighted by molar-refractivity contribution is 6.04. The second-order valence-corrected chi connectivity index (χ2v) is 4.96. The highest BCUT2D eigenvalue weighted by Crippen LogP contribution is 2.52. The van der Waals surface area contributed by atoms with Crippen LogP contribution < -0.4 is 0 Å². The number of likely N-dealkylation sites (tertiary alicyclic amines) is 1. The van der Waals surface area contributed by atoms with Crippen LogP contribution in [-0.2, 0) is 19.1 Å².